The zero-order valence-electron chi connectivity index (χ0n) is 15.0. The van der Waals surface area contributed by atoms with Crippen LogP contribution in [0.25, 0.3) is 0 Å². The van der Waals surface area contributed by atoms with E-state index in [4.69, 9.17) is 4.74 Å². The number of aromatic nitrogens is 2. The van der Waals surface area contributed by atoms with Crippen molar-refractivity contribution in [1.29, 1.82) is 0 Å². The number of alkyl carbamates (subject to hydrolysis) is 1. The molecule has 6 heteroatoms. The summed E-state index contributed by atoms with van der Waals surface area (Å²) in [5.41, 5.74) is 0.514. The number of nitrogens with one attached hydrogen (secondary N) is 1. The second-order valence-electron chi connectivity index (χ2n) is 7.32. The average Bonchev–Trinajstić information content (AvgIpc) is 2.34. The Hall–Kier alpha value is -1.85. The van der Waals surface area contributed by atoms with Gasteiger partial charge in [0.15, 0.2) is 0 Å². The molecule has 128 valence electrons. The van der Waals surface area contributed by atoms with Crippen molar-refractivity contribution in [2.75, 3.05) is 11.4 Å². The van der Waals surface area contributed by atoms with Gasteiger partial charge in [0.2, 0.25) is 0 Å². The minimum Gasteiger partial charge on any atom is -0.444 e. The molecule has 0 spiro atoms. The highest BCUT2D eigenvalue weighted by atomic mass is 16.6. The smallest absolute Gasteiger partial charge is 0.407 e. The highest BCUT2D eigenvalue weighted by Crippen LogP contribution is 2.24. The molecule has 0 radical (unpaired) electrons. The predicted octanol–water partition coefficient (Wildman–Crippen LogP) is 2.98. The summed E-state index contributed by atoms with van der Waals surface area (Å²) in [4.78, 5) is 23.1. The van der Waals surface area contributed by atoms with E-state index >= 15 is 0 Å². The van der Waals surface area contributed by atoms with Crippen LogP contribution in [0.3, 0.4) is 0 Å². The van der Waals surface area contributed by atoms with Gasteiger partial charge in [-0.25, -0.2) is 14.8 Å². The molecule has 1 saturated heterocycles. The molecule has 2 unspecified atom stereocenters. The van der Waals surface area contributed by atoms with E-state index in [1.807, 2.05) is 40.7 Å². The predicted molar refractivity (Wildman–Crippen MR) is 90.7 cm³/mol. The number of piperidine rings is 1. The van der Waals surface area contributed by atoms with Crippen LogP contribution in [0.15, 0.2) is 6.07 Å². The number of nitrogens with zero attached hydrogens (tertiary/aromatic N) is 3. The van der Waals surface area contributed by atoms with Crippen molar-refractivity contribution in [1.82, 2.24) is 15.3 Å². The van der Waals surface area contributed by atoms with Gasteiger partial charge >= 0.3 is 6.09 Å². The lowest BCUT2D eigenvalue weighted by Gasteiger charge is -2.39. The third-order valence-corrected chi connectivity index (χ3v) is 3.84. The quantitative estimate of drug-likeness (QED) is 0.907. The number of aryl methyl sites for hydroxylation is 2. The molecule has 1 aliphatic heterocycles. The summed E-state index contributed by atoms with van der Waals surface area (Å²) in [6.45, 7) is 12.5. The van der Waals surface area contributed by atoms with Gasteiger partial charge in [0.25, 0.3) is 0 Å². The fourth-order valence-corrected chi connectivity index (χ4v) is 2.96. The monoisotopic (exact) mass is 320 g/mol. The second-order valence-corrected chi connectivity index (χ2v) is 7.32. The van der Waals surface area contributed by atoms with E-state index in [0.717, 1.165) is 36.7 Å². The summed E-state index contributed by atoms with van der Waals surface area (Å²) in [6.07, 6.45) is 1.42. The van der Waals surface area contributed by atoms with Gasteiger partial charge in [0.1, 0.15) is 17.2 Å². The largest absolute Gasteiger partial charge is 0.444 e. The highest BCUT2D eigenvalue weighted by Gasteiger charge is 2.28. The van der Waals surface area contributed by atoms with E-state index in [1.54, 1.807) is 0 Å². The van der Waals surface area contributed by atoms with Crippen LogP contribution in [0.1, 0.15) is 52.1 Å². The molecule has 2 atom stereocenters. The molecule has 6 nitrogen and oxygen atoms in total. The van der Waals surface area contributed by atoms with Crippen molar-refractivity contribution in [3.05, 3.63) is 17.6 Å². The SMILES string of the molecule is Cc1cc(N2CCC(NC(=O)OC(C)(C)C)CC2C)nc(C)n1. The summed E-state index contributed by atoms with van der Waals surface area (Å²) in [5.74, 6) is 1.76. The summed E-state index contributed by atoms with van der Waals surface area (Å²) in [7, 11) is 0. The lowest BCUT2D eigenvalue weighted by Crippen LogP contribution is -2.50. The maximum absolute atomic E-state index is 11.9. The fraction of sp³-hybridized carbons (Fsp3) is 0.706. The number of ether oxygens (including phenoxy) is 1. The molecule has 1 amide bonds. The summed E-state index contributed by atoms with van der Waals surface area (Å²) >= 11 is 0. The number of hydrogen-bond acceptors (Lipinski definition) is 5. The van der Waals surface area contributed by atoms with Crippen molar-refractivity contribution in [3.63, 3.8) is 0 Å². The zero-order chi connectivity index (χ0) is 17.2. The van der Waals surface area contributed by atoms with E-state index in [9.17, 15) is 4.79 Å². The Morgan fingerprint density at radius 1 is 1.35 bits per heavy atom. The first-order valence-electron chi connectivity index (χ1n) is 8.22. The lowest BCUT2D eigenvalue weighted by molar-refractivity contribution is 0.0494. The Morgan fingerprint density at radius 2 is 2.04 bits per heavy atom. The van der Waals surface area contributed by atoms with Gasteiger partial charge in [0.05, 0.1) is 0 Å². The molecule has 0 bridgehead atoms. The number of rotatable bonds is 2. The minimum absolute atomic E-state index is 0.139. The molecule has 0 aliphatic carbocycles. The number of anilines is 1. The summed E-state index contributed by atoms with van der Waals surface area (Å²) < 4.78 is 5.33. The first-order chi connectivity index (χ1) is 10.6. The van der Waals surface area contributed by atoms with E-state index in [2.05, 4.69) is 27.1 Å². The molecule has 1 fully saturated rings. The molecule has 0 aromatic carbocycles. The van der Waals surface area contributed by atoms with Gasteiger partial charge in [-0.05, 0) is 54.4 Å². The Kier molecular flexibility index (Phi) is 5.12. The average molecular weight is 320 g/mol. The topological polar surface area (TPSA) is 67.4 Å². The van der Waals surface area contributed by atoms with Crippen LogP contribution in [-0.2, 0) is 4.74 Å². The van der Waals surface area contributed by atoms with Crippen LogP contribution in [0.4, 0.5) is 10.6 Å². The van der Waals surface area contributed by atoms with Crippen LogP contribution >= 0.6 is 0 Å². The number of carbonyl (C=O) groups excluding carboxylic acids is 1. The third kappa shape index (κ3) is 5.08. The Bertz CT molecular complexity index is 548. The molecule has 23 heavy (non-hydrogen) atoms. The van der Waals surface area contributed by atoms with E-state index in [0.29, 0.717) is 6.04 Å². The fourth-order valence-electron chi connectivity index (χ4n) is 2.96. The standard InChI is InChI=1S/C17H28N4O2/c1-11-9-15(19-13(3)18-11)21-8-7-14(10-12(21)2)20-16(22)23-17(4,5)6/h9,12,14H,7-8,10H2,1-6H3,(H,20,22). The number of hydrogen-bond donors (Lipinski definition) is 1. The van der Waals surface area contributed by atoms with E-state index in [-0.39, 0.29) is 12.1 Å². The second kappa shape index (κ2) is 6.72. The Labute approximate surface area is 138 Å². The van der Waals surface area contributed by atoms with Gasteiger partial charge in [0, 0.05) is 30.4 Å². The van der Waals surface area contributed by atoms with Gasteiger partial charge < -0.3 is 15.0 Å². The van der Waals surface area contributed by atoms with Crippen LogP contribution < -0.4 is 10.2 Å². The van der Waals surface area contributed by atoms with Crippen molar-refractivity contribution in [2.24, 2.45) is 0 Å². The van der Waals surface area contributed by atoms with Crippen LogP contribution in [0.5, 0.6) is 0 Å². The molecule has 0 saturated carbocycles. The van der Waals surface area contributed by atoms with Gasteiger partial charge in [-0.2, -0.15) is 0 Å². The molecule has 2 rings (SSSR count). The van der Waals surface area contributed by atoms with E-state index in [1.165, 1.54) is 0 Å². The highest BCUT2D eigenvalue weighted by molar-refractivity contribution is 5.68. The molecule has 1 aromatic rings. The van der Waals surface area contributed by atoms with Crippen LogP contribution in [0, 0.1) is 13.8 Å². The van der Waals surface area contributed by atoms with E-state index < -0.39 is 5.60 Å². The molecule has 1 N–H and O–H groups in total. The first-order valence-corrected chi connectivity index (χ1v) is 8.22. The van der Waals surface area contributed by atoms with Gasteiger partial charge in [-0.3, -0.25) is 0 Å². The summed E-state index contributed by atoms with van der Waals surface area (Å²) in [5, 5.41) is 2.98. The van der Waals surface area contributed by atoms with Crippen molar-refractivity contribution in [2.45, 2.75) is 72.1 Å². The van der Waals surface area contributed by atoms with Crippen molar-refractivity contribution >= 4 is 11.9 Å². The van der Waals surface area contributed by atoms with Gasteiger partial charge in [-0.1, -0.05) is 0 Å². The lowest BCUT2D eigenvalue weighted by atomic mass is 9.98. The van der Waals surface area contributed by atoms with Crippen LogP contribution in [0.2, 0.25) is 0 Å². The Balaban J connectivity index is 1.96. The number of carbonyl (C=O) groups is 1. The molecular weight excluding hydrogens is 292 g/mol. The first kappa shape index (κ1) is 17.5. The number of amides is 1. The molecule has 2 heterocycles. The Morgan fingerprint density at radius 3 is 2.61 bits per heavy atom. The third-order valence-electron chi connectivity index (χ3n) is 3.84. The maximum atomic E-state index is 11.9. The zero-order valence-corrected chi connectivity index (χ0v) is 15.0. The van der Waals surface area contributed by atoms with Crippen LogP contribution in [-0.4, -0.2) is 40.3 Å². The summed E-state index contributed by atoms with van der Waals surface area (Å²) in [6, 6.07) is 2.46. The normalized spacial score (nSPS) is 21.9. The maximum Gasteiger partial charge on any atom is 0.407 e. The van der Waals surface area contributed by atoms with Gasteiger partial charge in [-0.15, -0.1) is 0 Å². The van der Waals surface area contributed by atoms with Crippen molar-refractivity contribution in [3.8, 4) is 0 Å². The van der Waals surface area contributed by atoms with Crippen molar-refractivity contribution < 1.29 is 9.53 Å². The molecule has 1 aromatic heterocycles. The minimum atomic E-state index is -0.466. The molecule has 1 aliphatic rings. The molecular formula is C17H28N4O2.